The minimum absolute atomic E-state index is 0.0314. The number of nitrogens with one attached hydrogen (secondary N) is 3. The number of benzene rings is 3. The minimum atomic E-state index is -3.85. The van der Waals surface area contributed by atoms with Crippen molar-refractivity contribution < 1.29 is 22.4 Å². The number of carbonyl (C=O) groups is 2. The molecule has 0 fully saturated rings. The molecule has 2 amide bonds. The second-order valence-electron chi connectivity index (χ2n) is 6.62. The van der Waals surface area contributed by atoms with Crippen molar-refractivity contribution in [2.45, 2.75) is 11.3 Å². The molecule has 0 aliphatic heterocycles. The van der Waals surface area contributed by atoms with Gasteiger partial charge in [0.2, 0.25) is 11.8 Å². The third kappa shape index (κ3) is 6.65. The van der Waals surface area contributed by atoms with Crippen LogP contribution >= 0.6 is 0 Å². The summed E-state index contributed by atoms with van der Waals surface area (Å²) < 4.78 is 40.0. The Balaban J connectivity index is 1.50. The highest BCUT2D eigenvalue weighted by molar-refractivity contribution is 7.92. The summed E-state index contributed by atoms with van der Waals surface area (Å²) in [5.74, 6) is -1.22. The Labute approximate surface area is 179 Å². The SMILES string of the molecule is O=C(Cc1ccc(NS(=O)(=O)c2ccc(F)cc2)cc1)NCC(=O)Nc1ccccc1. The lowest BCUT2D eigenvalue weighted by Crippen LogP contribution is -2.33. The van der Waals surface area contributed by atoms with Gasteiger partial charge in [0, 0.05) is 11.4 Å². The molecule has 0 atom stereocenters. The third-order valence-corrected chi connectivity index (χ3v) is 5.60. The number of carbonyl (C=O) groups excluding carboxylic acids is 2. The van der Waals surface area contributed by atoms with E-state index in [0.717, 1.165) is 12.1 Å². The third-order valence-electron chi connectivity index (χ3n) is 4.20. The fourth-order valence-electron chi connectivity index (χ4n) is 2.67. The Morgan fingerprint density at radius 3 is 2.06 bits per heavy atom. The second kappa shape index (κ2) is 9.86. The Morgan fingerprint density at radius 1 is 0.774 bits per heavy atom. The van der Waals surface area contributed by atoms with Gasteiger partial charge in [0.25, 0.3) is 10.0 Å². The molecule has 3 aromatic carbocycles. The molecule has 0 saturated carbocycles. The molecule has 3 rings (SSSR count). The highest BCUT2D eigenvalue weighted by atomic mass is 32.2. The first-order chi connectivity index (χ1) is 14.8. The fourth-order valence-corrected chi connectivity index (χ4v) is 3.73. The number of hydrogen-bond donors (Lipinski definition) is 3. The van der Waals surface area contributed by atoms with Crippen molar-refractivity contribution in [3.63, 3.8) is 0 Å². The van der Waals surface area contributed by atoms with E-state index < -0.39 is 15.8 Å². The molecule has 3 aromatic rings. The van der Waals surface area contributed by atoms with Crippen molar-refractivity contribution in [3.8, 4) is 0 Å². The summed E-state index contributed by atoms with van der Waals surface area (Å²) in [6, 6.07) is 19.6. The molecule has 31 heavy (non-hydrogen) atoms. The second-order valence-corrected chi connectivity index (χ2v) is 8.31. The summed E-state index contributed by atoms with van der Waals surface area (Å²) in [4.78, 5) is 23.9. The maximum absolute atomic E-state index is 13.0. The van der Waals surface area contributed by atoms with Crippen molar-refractivity contribution in [2.24, 2.45) is 0 Å². The number of hydrogen-bond acceptors (Lipinski definition) is 4. The van der Waals surface area contributed by atoms with Gasteiger partial charge in [-0.25, -0.2) is 12.8 Å². The molecule has 0 heterocycles. The van der Waals surface area contributed by atoms with Crippen LogP contribution in [0.5, 0.6) is 0 Å². The van der Waals surface area contributed by atoms with E-state index in [4.69, 9.17) is 0 Å². The lowest BCUT2D eigenvalue weighted by molar-refractivity contribution is -0.123. The maximum atomic E-state index is 13.0. The van der Waals surface area contributed by atoms with E-state index in [2.05, 4.69) is 15.4 Å². The molecule has 0 aliphatic rings. The first kappa shape index (κ1) is 22.0. The summed E-state index contributed by atoms with van der Waals surface area (Å²) in [5.41, 5.74) is 1.59. The van der Waals surface area contributed by atoms with E-state index in [-0.39, 0.29) is 29.7 Å². The molecular weight excluding hydrogens is 421 g/mol. The predicted octanol–water partition coefficient (Wildman–Crippen LogP) is 2.92. The van der Waals surface area contributed by atoms with Gasteiger partial charge in [-0.3, -0.25) is 14.3 Å². The smallest absolute Gasteiger partial charge is 0.261 e. The van der Waals surface area contributed by atoms with Gasteiger partial charge in [0.05, 0.1) is 17.9 Å². The van der Waals surface area contributed by atoms with E-state index in [1.165, 1.54) is 24.3 Å². The molecule has 0 radical (unpaired) electrons. The van der Waals surface area contributed by atoms with Crippen molar-refractivity contribution in [3.05, 3.63) is 90.2 Å². The van der Waals surface area contributed by atoms with Gasteiger partial charge in [-0.05, 0) is 54.1 Å². The molecule has 0 spiro atoms. The Kier molecular flexibility index (Phi) is 6.99. The lowest BCUT2D eigenvalue weighted by Gasteiger charge is -2.09. The van der Waals surface area contributed by atoms with Crippen molar-refractivity contribution in [1.82, 2.24) is 5.32 Å². The minimum Gasteiger partial charge on any atom is -0.347 e. The first-order valence-electron chi connectivity index (χ1n) is 9.31. The van der Waals surface area contributed by atoms with Gasteiger partial charge >= 0.3 is 0 Å². The number of sulfonamides is 1. The topological polar surface area (TPSA) is 104 Å². The highest BCUT2D eigenvalue weighted by Gasteiger charge is 2.14. The van der Waals surface area contributed by atoms with Gasteiger partial charge in [-0.2, -0.15) is 0 Å². The van der Waals surface area contributed by atoms with Gasteiger partial charge in [-0.1, -0.05) is 30.3 Å². The normalized spacial score (nSPS) is 10.9. The van der Waals surface area contributed by atoms with E-state index in [1.54, 1.807) is 36.4 Å². The number of anilines is 2. The van der Waals surface area contributed by atoms with Crippen LogP contribution in [0.3, 0.4) is 0 Å². The molecule has 3 N–H and O–H groups in total. The molecule has 0 unspecified atom stereocenters. The van der Waals surface area contributed by atoms with Crippen LogP contribution in [0.15, 0.2) is 83.8 Å². The largest absolute Gasteiger partial charge is 0.347 e. The molecule has 7 nitrogen and oxygen atoms in total. The fraction of sp³-hybridized carbons (Fsp3) is 0.0909. The van der Waals surface area contributed by atoms with Gasteiger partial charge in [0.1, 0.15) is 5.82 Å². The lowest BCUT2D eigenvalue weighted by atomic mass is 10.1. The van der Waals surface area contributed by atoms with Crippen molar-refractivity contribution >= 4 is 33.2 Å². The van der Waals surface area contributed by atoms with Gasteiger partial charge in [-0.15, -0.1) is 0 Å². The Hall–Kier alpha value is -3.72. The van der Waals surface area contributed by atoms with E-state index in [0.29, 0.717) is 16.9 Å². The zero-order chi connectivity index (χ0) is 22.3. The molecule has 0 bridgehead atoms. The highest BCUT2D eigenvalue weighted by Crippen LogP contribution is 2.17. The van der Waals surface area contributed by atoms with Crippen LogP contribution in [0.4, 0.5) is 15.8 Å². The molecule has 0 saturated heterocycles. The quantitative estimate of drug-likeness (QED) is 0.500. The summed E-state index contributed by atoms with van der Waals surface area (Å²) >= 11 is 0. The summed E-state index contributed by atoms with van der Waals surface area (Å²) in [7, 11) is -3.85. The Bertz CT molecular complexity index is 1150. The average molecular weight is 441 g/mol. The van der Waals surface area contributed by atoms with Crippen LogP contribution in [-0.2, 0) is 26.0 Å². The summed E-state index contributed by atoms with van der Waals surface area (Å²) in [6.45, 7) is -0.163. The van der Waals surface area contributed by atoms with Crippen LogP contribution < -0.4 is 15.4 Å². The molecule has 0 aromatic heterocycles. The van der Waals surface area contributed by atoms with Gasteiger partial charge in [0.15, 0.2) is 0 Å². The zero-order valence-corrected chi connectivity index (χ0v) is 17.2. The Morgan fingerprint density at radius 2 is 1.42 bits per heavy atom. The molecule has 160 valence electrons. The standard InChI is InChI=1S/C22H20FN3O4S/c23-17-8-12-20(13-9-17)31(29,30)26-19-10-6-16(7-11-19)14-21(27)24-15-22(28)25-18-4-2-1-3-5-18/h1-13,26H,14-15H2,(H,24,27)(H,25,28). The van der Waals surface area contributed by atoms with Crippen LogP contribution in [0.25, 0.3) is 0 Å². The van der Waals surface area contributed by atoms with E-state index in [1.807, 2.05) is 6.07 Å². The molecule has 9 heteroatoms. The summed E-state index contributed by atoms with van der Waals surface area (Å²) in [5, 5.41) is 5.20. The van der Waals surface area contributed by atoms with E-state index in [9.17, 15) is 22.4 Å². The van der Waals surface area contributed by atoms with Crippen molar-refractivity contribution in [1.29, 1.82) is 0 Å². The van der Waals surface area contributed by atoms with Crippen LogP contribution in [0, 0.1) is 5.82 Å². The number of rotatable bonds is 8. The first-order valence-corrected chi connectivity index (χ1v) is 10.8. The predicted molar refractivity (Wildman–Crippen MR) is 115 cm³/mol. The van der Waals surface area contributed by atoms with Crippen LogP contribution in [-0.4, -0.2) is 26.8 Å². The monoisotopic (exact) mass is 441 g/mol. The number of halogens is 1. The number of amides is 2. The maximum Gasteiger partial charge on any atom is 0.261 e. The molecule has 0 aliphatic carbocycles. The van der Waals surface area contributed by atoms with Crippen LogP contribution in [0.2, 0.25) is 0 Å². The number of para-hydroxylation sites is 1. The van der Waals surface area contributed by atoms with Crippen molar-refractivity contribution in [2.75, 3.05) is 16.6 Å². The van der Waals surface area contributed by atoms with Crippen LogP contribution in [0.1, 0.15) is 5.56 Å². The van der Waals surface area contributed by atoms with E-state index >= 15 is 0 Å². The summed E-state index contributed by atoms with van der Waals surface area (Å²) in [6.07, 6.45) is 0.0314. The van der Waals surface area contributed by atoms with Gasteiger partial charge < -0.3 is 10.6 Å². The zero-order valence-electron chi connectivity index (χ0n) is 16.3. The molecular formula is C22H20FN3O4S. The average Bonchev–Trinajstić information content (AvgIpc) is 2.74.